The minimum Gasteiger partial charge on any atom is -0.465 e. The number of rotatable bonds is 1. The first-order valence-corrected chi connectivity index (χ1v) is 5.21. The fourth-order valence-corrected chi connectivity index (χ4v) is 2.17. The van der Waals surface area contributed by atoms with Crippen molar-refractivity contribution in [2.75, 3.05) is 7.05 Å². The van der Waals surface area contributed by atoms with Crippen molar-refractivity contribution in [1.29, 1.82) is 0 Å². The summed E-state index contributed by atoms with van der Waals surface area (Å²) in [5.74, 6) is 0. The van der Waals surface area contributed by atoms with E-state index in [2.05, 4.69) is 12.1 Å². The van der Waals surface area contributed by atoms with Gasteiger partial charge >= 0.3 is 6.09 Å². The minimum absolute atomic E-state index is 0.136. The zero-order valence-corrected chi connectivity index (χ0v) is 8.81. The Kier molecular flexibility index (Phi) is 2.62. The van der Waals surface area contributed by atoms with Crippen molar-refractivity contribution in [2.45, 2.75) is 25.3 Å². The lowest BCUT2D eigenvalue weighted by Gasteiger charge is -2.30. The molecule has 0 spiro atoms. The second-order valence-electron chi connectivity index (χ2n) is 4.06. The molecular weight excluding hydrogens is 190 g/mol. The van der Waals surface area contributed by atoms with Crippen LogP contribution < -0.4 is 0 Å². The third kappa shape index (κ3) is 1.96. The highest BCUT2D eigenvalue weighted by Gasteiger charge is 2.24. The largest absolute Gasteiger partial charge is 0.465 e. The van der Waals surface area contributed by atoms with Crippen LogP contribution in [0.1, 0.15) is 17.5 Å². The zero-order chi connectivity index (χ0) is 10.8. The first-order valence-electron chi connectivity index (χ1n) is 5.21. The van der Waals surface area contributed by atoms with Crippen LogP contribution in [0.4, 0.5) is 4.79 Å². The fourth-order valence-electron chi connectivity index (χ4n) is 2.17. The van der Waals surface area contributed by atoms with E-state index in [0.717, 1.165) is 19.3 Å². The molecular formula is C12H15NO2. The number of likely N-dealkylation sites (N-methyl/N-ethyl adjacent to an activating group) is 1. The average molecular weight is 205 g/mol. The van der Waals surface area contributed by atoms with Crippen LogP contribution in [0.2, 0.25) is 0 Å². The van der Waals surface area contributed by atoms with Gasteiger partial charge in [-0.2, -0.15) is 0 Å². The Hall–Kier alpha value is -1.51. The molecule has 0 aliphatic heterocycles. The SMILES string of the molecule is CN(C(=O)O)C1CCc2ccccc2C1. The van der Waals surface area contributed by atoms with E-state index in [1.807, 2.05) is 12.1 Å². The molecule has 1 aromatic rings. The van der Waals surface area contributed by atoms with Crippen LogP contribution in [0.25, 0.3) is 0 Å². The summed E-state index contributed by atoms with van der Waals surface area (Å²) in [6.07, 6.45) is 1.93. The number of fused-ring (bicyclic) bond motifs is 1. The van der Waals surface area contributed by atoms with E-state index >= 15 is 0 Å². The molecule has 3 nitrogen and oxygen atoms in total. The van der Waals surface area contributed by atoms with Crippen LogP contribution in [0.15, 0.2) is 24.3 Å². The normalized spacial score (nSPS) is 19.4. The Bertz CT molecular complexity index is 376. The lowest BCUT2D eigenvalue weighted by molar-refractivity contribution is 0.134. The molecule has 1 aliphatic rings. The number of carbonyl (C=O) groups is 1. The molecule has 80 valence electrons. The highest BCUT2D eigenvalue weighted by Crippen LogP contribution is 2.23. The van der Waals surface area contributed by atoms with Crippen LogP contribution in [0.3, 0.4) is 0 Å². The third-order valence-electron chi connectivity index (χ3n) is 3.17. The number of carboxylic acid groups (broad SMARTS) is 1. The highest BCUT2D eigenvalue weighted by molar-refractivity contribution is 5.65. The first kappa shape index (κ1) is 10.0. The molecule has 15 heavy (non-hydrogen) atoms. The van der Waals surface area contributed by atoms with E-state index in [1.54, 1.807) is 7.05 Å². The summed E-state index contributed by atoms with van der Waals surface area (Å²) in [5.41, 5.74) is 2.66. The summed E-state index contributed by atoms with van der Waals surface area (Å²) >= 11 is 0. The van der Waals surface area contributed by atoms with Crippen molar-refractivity contribution < 1.29 is 9.90 Å². The molecule has 1 atom stereocenters. The maximum absolute atomic E-state index is 10.8. The standard InChI is InChI=1S/C12H15NO2/c1-13(12(14)15)11-7-6-9-4-2-3-5-10(9)8-11/h2-5,11H,6-8H2,1H3,(H,14,15). The molecule has 2 rings (SSSR count). The average Bonchev–Trinajstić information content (AvgIpc) is 2.27. The van der Waals surface area contributed by atoms with E-state index in [4.69, 9.17) is 5.11 Å². The molecule has 1 unspecified atom stereocenters. The van der Waals surface area contributed by atoms with Crippen molar-refractivity contribution in [2.24, 2.45) is 0 Å². The van der Waals surface area contributed by atoms with Crippen LogP contribution in [-0.4, -0.2) is 29.2 Å². The van der Waals surface area contributed by atoms with Gasteiger partial charge in [0.05, 0.1) is 0 Å². The third-order valence-corrected chi connectivity index (χ3v) is 3.17. The van der Waals surface area contributed by atoms with Crippen LogP contribution in [0, 0.1) is 0 Å². The van der Waals surface area contributed by atoms with Gasteiger partial charge in [-0.25, -0.2) is 4.79 Å². The molecule has 1 amide bonds. The Morgan fingerprint density at radius 2 is 2.07 bits per heavy atom. The molecule has 0 aromatic heterocycles. The zero-order valence-electron chi connectivity index (χ0n) is 8.81. The number of benzene rings is 1. The Morgan fingerprint density at radius 1 is 1.40 bits per heavy atom. The lowest BCUT2D eigenvalue weighted by atomic mass is 9.88. The van der Waals surface area contributed by atoms with Crippen LogP contribution in [0.5, 0.6) is 0 Å². The number of amides is 1. The molecule has 0 radical (unpaired) electrons. The van der Waals surface area contributed by atoms with E-state index in [9.17, 15) is 4.79 Å². The van der Waals surface area contributed by atoms with Crippen molar-refractivity contribution in [3.63, 3.8) is 0 Å². The van der Waals surface area contributed by atoms with Gasteiger partial charge in [-0.15, -0.1) is 0 Å². The van der Waals surface area contributed by atoms with Crippen molar-refractivity contribution in [3.8, 4) is 0 Å². The van der Waals surface area contributed by atoms with Gasteiger partial charge in [-0.05, 0) is 30.4 Å². The van der Waals surface area contributed by atoms with Crippen LogP contribution >= 0.6 is 0 Å². The second-order valence-corrected chi connectivity index (χ2v) is 4.06. The van der Waals surface area contributed by atoms with Crippen molar-refractivity contribution >= 4 is 6.09 Å². The van der Waals surface area contributed by atoms with Crippen molar-refractivity contribution in [3.05, 3.63) is 35.4 Å². The first-order chi connectivity index (χ1) is 7.18. The lowest BCUT2D eigenvalue weighted by Crippen LogP contribution is -2.39. The summed E-state index contributed by atoms with van der Waals surface area (Å²) in [4.78, 5) is 12.3. The molecule has 0 fully saturated rings. The number of aryl methyl sites for hydroxylation is 1. The van der Waals surface area contributed by atoms with Gasteiger partial charge in [-0.3, -0.25) is 0 Å². The summed E-state index contributed by atoms with van der Waals surface area (Å²) < 4.78 is 0. The van der Waals surface area contributed by atoms with Gasteiger partial charge in [0.2, 0.25) is 0 Å². The molecule has 0 bridgehead atoms. The second kappa shape index (κ2) is 3.93. The van der Waals surface area contributed by atoms with Crippen LogP contribution in [-0.2, 0) is 12.8 Å². The summed E-state index contributed by atoms with van der Waals surface area (Å²) in [7, 11) is 1.65. The minimum atomic E-state index is -0.834. The quantitative estimate of drug-likeness (QED) is 0.763. The predicted octanol–water partition coefficient (Wildman–Crippen LogP) is 2.15. The van der Waals surface area contributed by atoms with E-state index < -0.39 is 6.09 Å². The predicted molar refractivity (Wildman–Crippen MR) is 58.0 cm³/mol. The molecule has 1 N–H and O–H groups in total. The van der Waals surface area contributed by atoms with E-state index in [0.29, 0.717) is 0 Å². The van der Waals surface area contributed by atoms with Gasteiger partial charge in [0.25, 0.3) is 0 Å². The fraction of sp³-hybridized carbons (Fsp3) is 0.417. The van der Waals surface area contributed by atoms with Gasteiger partial charge < -0.3 is 10.0 Å². The molecule has 0 saturated carbocycles. The molecule has 0 saturated heterocycles. The molecule has 1 aromatic carbocycles. The topological polar surface area (TPSA) is 40.5 Å². The molecule has 3 heteroatoms. The maximum Gasteiger partial charge on any atom is 0.407 e. The monoisotopic (exact) mass is 205 g/mol. The van der Waals surface area contributed by atoms with Gasteiger partial charge in [0.15, 0.2) is 0 Å². The van der Waals surface area contributed by atoms with E-state index in [1.165, 1.54) is 16.0 Å². The number of hydrogen-bond donors (Lipinski definition) is 1. The maximum atomic E-state index is 10.8. The number of hydrogen-bond acceptors (Lipinski definition) is 1. The molecule has 1 aliphatic carbocycles. The smallest absolute Gasteiger partial charge is 0.407 e. The van der Waals surface area contributed by atoms with E-state index in [-0.39, 0.29) is 6.04 Å². The Morgan fingerprint density at radius 3 is 2.73 bits per heavy atom. The van der Waals surface area contributed by atoms with Gasteiger partial charge in [0, 0.05) is 13.1 Å². The Labute approximate surface area is 89.3 Å². The van der Waals surface area contributed by atoms with Gasteiger partial charge in [-0.1, -0.05) is 24.3 Å². The van der Waals surface area contributed by atoms with Gasteiger partial charge in [0.1, 0.15) is 0 Å². The molecule has 0 heterocycles. The summed E-state index contributed by atoms with van der Waals surface area (Å²) in [6.45, 7) is 0. The number of nitrogens with zero attached hydrogens (tertiary/aromatic N) is 1. The highest BCUT2D eigenvalue weighted by atomic mass is 16.4. The summed E-state index contributed by atoms with van der Waals surface area (Å²) in [6, 6.07) is 8.42. The Balaban J connectivity index is 2.15. The summed E-state index contributed by atoms with van der Waals surface area (Å²) in [5, 5.41) is 8.91. The van der Waals surface area contributed by atoms with Crippen molar-refractivity contribution in [1.82, 2.24) is 4.90 Å².